The number of rotatable bonds is 2. The molecule has 146 valence electrons. The van der Waals surface area contributed by atoms with Crippen molar-refractivity contribution in [3.05, 3.63) is 64.0 Å². The van der Waals surface area contributed by atoms with Crippen LogP contribution in [0.2, 0.25) is 0 Å². The zero-order chi connectivity index (χ0) is 19.8. The second-order valence-electron chi connectivity index (χ2n) is 7.55. The van der Waals surface area contributed by atoms with E-state index < -0.39 is 5.82 Å². The molecule has 0 aliphatic carbocycles. The second kappa shape index (κ2) is 7.26. The molecule has 2 heterocycles. The maximum atomic E-state index is 14.9. The minimum Gasteiger partial charge on any atom is -0.352 e. The molecule has 1 unspecified atom stereocenters. The second-order valence-corrected chi connectivity index (χ2v) is 7.55. The van der Waals surface area contributed by atoms with Crippen LogP contribution in [-0.2, 0) is 6.42 Å². The number of aryl methyl sites for hydroxylation is 2. The van der Waals surface area contributed by atoms with Crippen LogP contribution in [0.3, 0.4) is 0 Å². The van der Waals surface area contributed by atoms with Gasteiger partial charge in [0.15, 0.2) is 5.82 Å². The monoisotopic (exact) mass is 381 g/mol. The Morgan fingerprint density at radius 1 is 1.21 bits per heavy atom. The summed E-state index contributed by atoms with van der Waals surface area (Å²) in [5.74, 6) is -0.781. The van der Waals surface area contributed by atoms with Crippen molar-refractivity contribution >= 4 is 17.6 Å². The molecule has 6 heteroatoms. The lowest BCUT2D eigenvalue weighted by Crippen LogP contribution is -2.36. The summed E-state index contributed by atoms with van der Waals surface area (Å²) < 4.78 is 14.9. The minimum absolute atomic E-state index is 0.00679. The van der Waals surface area contributed by atoms with Crippen LogP contribution in [0.15, 0.2) is 30.3 Å². The van der Waals surface area contributed by atoms with E-state index >= 15 is 0 Å². The van der Waals surface area contributed by atoms with Gasteiger partial charge in [0.25, 0.3) is 5.91 Å². The molecule has 28 heavy (non-hydrogen) atoms. The molecule has 1 atom stereocenters. The Balaban J connectivity index is 1.59. The number of hydrogen-bond acceptors (Lipinski definition) is 2. The van der Waals surface area contributed by atoms with Gasteiger partial charge in [-0.15, -0.1) is 0 Å². The molecule has 2 aromatic carbocycles. The van der Waals surface area contributed by atoms with Gasteiger partial charge < -0.3 is 15.5 Å². The molecule has 0 bridgehead atoms. The third-order valence-electron chi connectivity index (χ3n) is 5.78. The molecule has 0 spiro atoms. The van der Waals surface area contributed by atoms with Crippen molar-refractivity contribution in [3.8, 4) is 0 Å². The minimum atomic E-state index is -0.511. The number of carbonyl (C=O) groups is 2. The number of fused-ring (bicyclic) bond motifs is 1. The van der Waals surface area contributed by atoms with Crippen molar-refractivity contribution in [2.24, 2.45) is 0 Å². The number of anilines is 1. The normalized spacial score (nSPS) is 18.6. The van der Waals surface area contributed by atoms with Gasteiger partial charge in [0.05, 0.1) is 11.7 Å². The molecule has 2 aliphatic heterocycles. The smallest absolute Gasteiger partial charge is 0.322 e. The van der Waals surface area contributed by atoms with E-state index in [0.717, 1.165) is 24.0 Å². The fraction of sp³-hybridized carbons (Fsp3) is 0.364. The third kappa shape index (κ3) is 3.13. The highest BCUT2D eigenvalue weighted by Gasteiger charge is 2.32. The predicted molar refractivity (Wildman–Crippen MR) is 106 cm³/mol. The van der Waals surface area contributed by atoms with E-state index in [1.54, 1.807) is 11.0 Å². The quantitative estimate of drug-likeness (QED) is 0.823. The molecule has 0 aromatic heterocycles. The molecule has 2 aliphatic rings. The van der Waals surface area contributed by atoms with Crippen LogP contribution in [0.25, 0.3) is 0 Å². The van der Waals surface area contributed by atoms with E-state index in [1.807, 2.05) is 6.07 Å². The first-order valence-corrected chi connectivity index (χ1v) is 9.70. The number of hydrogen-bond donors (Lipinski definition) is 2. The predicted octanol–water partition coefficient (Wildman–Crippen LogP) is 4.10. The van der Waals surface area contributed by atoms with E-state index in [2.05, 4.69) is 36.6 Å². The molecular weight excluding hydrogens is 357 g/mol. The Labute approximate surface area is 163 Å². The van der Waals surface area contributed by atoms with Crippen molar-refractivity contribution in [2.45, 2.75) is 39.2 Å². The summed E-state index contributed by atoms with van der Waals surface area (Å²) in [5.41, 5.74) is 4.35. The average molecular weight is 381 g/mol. The van der Waals surface area contributed by atoms with Crippen LogP contribution >= 0.6 is 0 Å². The molecule has 5 nitrogen and oxygen atoms in total. The van der Waals surface area contributed by atoms with Crippen LogP contribution in [0.5, 0.6) is 0 Å². The zero-order valence-corrected chi connectivity index (χ0v) is 16.1. The highest BCUT2D eigenvalue weighted by Crippen LogP contribution is 2.36. The van der Waals surface area contributed by atoms with Crippen molar-refractivity contribution in [1.29, 1.82) is 0 Å². The van der Waals surface area contributed by atoms with E-state index in [1.165, 1.54) is 11.6 Å². The van der Waals surface area contributed by atoms with Crippen LogP contribution in [0, 0.1) is 19.7 Å². The maximum absolute atomic E-state index is 14.9. The summed E-state index contributed by atoms with van der Waals surface area (Å²) in [6, 6.07) is 8.88. The lowest BCUT2D eigenvalue weighted by Gasteiger charge is -2.28. The summed E-state index contributed by atoms with van der Waals surface area (Å²) in [7, 11) is 0. The number of benzene rings is 2. The number of carbonyl (C=O) groups excluding carboxylic acids is 2. The first-order valence-electron chi connectivity index (χ1n) is 9.70. The van der Waals surface area contributed by atoms with Crippen molar-refractivity contribution < 1.29 is 14.0 Å². The lowest BCUT2D eigenvalue weighted by molar-refractivity contribution is 0.0945. The summed E-state index contributed by atoms with van der Waals surface area (Å²) in [6.07, 6.45) is 2.23. The summed E-state index contributed by atoms with van der Waals surface area (Å²) in [6.45, 7) is 5.16. The molecule has 3 amide bonds. The Kier molecular flexibility index (Phi) is 4.79. The maximum Gasteiger partial charge on any atom is 0.322 e. The van der Waals surface area contributed by atoms with E-state index in [9.17, 15) is 14.0 Å². The molecule has 2 N–H and O–H groups in total. The SMILES string of the molecule is Cc1cccc(C)c1C1CCCN1C(=O)Nc1ccc2c(c1F)CCNC2=O. The zero-order valence-electron chi connectivity index (χ0n) is 16.1. The fourth-order valence-corrected chi connectivity index (χ4v) is 4.42. The first-order chi connectivity index (χ1) is 13.5. The number of urea groups is 1. The number of halogens is 1. The van der Waals surface area contributed by atoms with Gasteiger partial charge >= 0.3 is 6.03 Å². The highest BCUT2D eigenvalue weighted by molar-refractivity contribution is 5.98. The molecule has 1 fully saturated rings. The largest absolute Gasteiger partial charge is 0.352 e. The molecule has 0 radical (unpaired) electrons. The standard InChI is InChI=1S/C22H24FN3O2/c1-13-5-3-6-14(2)19(13)18-7-4-12-26(18)22(28)25-17-9-8-16-15(20(17)23)10-11-24-21(16)27/h3,5-6,8-9,18H,4,7,10-12H2,1-2H3,(H,24,27)(H,25,28). The Morgan fingerprint density at radius 2 is 1.96 bits per heavy atom. The van der Waals surface area contributed by atoms with Gasteiger partial charge in [-0.25, -0.2) is 9.18 Å². The number of nitrogens with one attached hydrogen (secondary N) is 2. The first kappa shape index (κ1) is 18.5. The van der Waals surface area contributed by atoms with Crippen LogP contribution in [-0.4, -0.2) is 29.9 Å². The topological polar surface area (TPSA) is 61.4 Å². The summed E-state index contributed by atoms with van der Waals surface area (Å²) >= 11 is 0. The average Bonchev–Trinajstić information content (AvgIpc) is 3.14. The van der Waals surface area contributed by atoms with E-state index in [-0.39, 0.29) is 23.7 Å². The Morgan fingerprint density at radius 3 is 2.71 bits per heavy atom. The lowest BCUT2D eigenvalue weighted by atomic mass is 9.94. The van der Waals surface area contributed by atoms with E-state index in [0.29, 0.717) is 30.6 Å². The van der Waals surface area contributed by atoms with Gasteiger partial charge in [0, 0.05) is 24.2 Å². The Bertz CT molecular complexity index is 937. The van der Waals surface area contributed by atoms with Crippen LogP contribution in [0.1, 0.15) is 51.5 Å². The summed E-state index contributed by atoms with van der Waals surface area (Å²) in [5, 5.41) is 5.44. The van der Waals surface area contributed by atoms with Gasteiger partial charge in [-0.05, 0) is 61.9 Å². The Hall–Kier alpha value is -2.89. The number of amides is 3. The number of nitrogens with zero attached hydrogens (tertiary/aromatic N) is 1. The highest BCUT2D eigenvalue weighted by atomic mass is 19.1. The fourth-order valence-electron chi connectivity index (χ4n) is 4.42. The molecule has 1 saturated heterocycles. The van der Waals surface area contributed by atoms with Gasteiger partial charge in [0.2, 0.25) is 0 Å². The van der Waals surface area contributed by atoms with Crippen molar-refractivity contribution in [2.75, 3.05) is 18.4 Å². The van der Waals surface area contributed by atoms with Gasteiger partial charge in [-0.3, -0.25) is 4.79 Å². The summed E-state index contributed by atoms with van der Waals surface area (Å²) in [4.78, 5) is 26.6. The van der Waals surface area contributed by atoms with E-state index in [4.69, 9.17) is 0 Å². The van der Waals surface area contributed by atoms with Crippen LogP contribution in [0.4, 0.5) is 14.9 Å². The number of likely N-dealkylation sites (tertiary alicyclic amines) is 1. The third-order valence-corrected chi connectivity index (χ3v) is 5.78. The molecule has 4 rings (SSSR count). The molecule has 0 saturated carbocycles. The molecule has 2 aromatic rings. The van der Waals surface area contributed by atoms with Crippen molar-refractivity contribution in [1.82, 2.24) is 10.2 Å². The van der Waals surface area contributed by atoms with Crippen molar-refractivity contribution in [3.63, 3.8) is 0 Å². The van der Waals surface area contributed by atoms with Gasteiger partial charge in [0.1, 0.15) is 0 Å². The van der Waals surface area contributed by atoms with Gasteiger partial charge in [-0.1, -0.05) is 18.2 Å². The van der Waals surface area contributed by atoms with Gasteiger partial charge in [-0.2, -0.15) is 0 Å². The van der Waals surface area contributed by atoms with Crippen LogP contribution < -0.4 is 10.6 Å². The molecular formula is C22H24FN3O2.